The number of carbonyl (C=O) groups excluding carboxylic acids is 3. The topological polar surface area (TPSA) is 90.5 Å². The molecule has 0 aromatic heterocycles. The number of carbonyl (C=O) groups is 3. The molecule has 1 aliphatic heterocycles. The second kappa shape index (κ2) is 8.00. The highest BCUT2D eigenvalue weighted by molar-refractivity contribution is 5.98. The van der Waals surface area contributed by atoms with E-state index < -0.39 is 0 Å². The van der Waals surface area contributed by atoms with Crippen LogP contribution in [0.2, 0.25) is 0 Å². The van der Waals surface area contributed by atoms with Crippen LogP contribution in [-0.4, -0.2) is 41.4 Å². The van der Waals surface area contributed by atoms with Gasteiger partial charge in [0.2, 0.25) is 11.8 Å². The Kier molecular flexibility index (Phi) is 6.01. The molecule has 7 nitrogen and oxygen atoms in total. The molecule has 3 N–H and O–H groups in total. The number of urea groups is 1. The molecule has 0 radical (unpaired) electrons. The third-order valence-electron chi connectivity index (χ3n) is 3.96. The van der Waals surface area contributed by atoms with E-state index in [0.717, 1.165) is 0 Å². The van der Waals surface area contributed by atoms with Crippen LogP contribution < -0.4 is 16.0 Å². The molecule has 0 bridgehead atoms. The van der Waals surface area contributed by atoms with Crippen LogP contribution in [0.4, 0.5) is 16.2 Å². The second-order valence-corrected chi connectivity index (χ2v) is 6.86. The molecule has 1 aliphatic rings. The summed E-state index contributed by atoms with van der Waals surface area (Å²) in [5.41, 5.74) is 1.17. The molecular weight excluding hydrogens is 320 g/mol. The first kappa shape index (κ1) is 18.8. The predicted molar refractivity (Wildman–Crippen MR) is 97.3 cm³/mol. The Morgan fingerprint density at radius 2 is 1.76 bits per heavy atom. The summed E-state index contributed by atoms with van der Waals surface area (Å²) in [5.74, 6) is -0.521. The Labute approximate surface area is 148 Å². The summed E-state index contributed by atoms with van der Waals surface area (Å²) in [6.07, 6.45) is 0.235. The maximum Gasteiger partial charge on any atom is 0.319 e. The van der Waals surface area contributed by atoms with Gasteiger partial charge < -0.3 is 20.9 Å². The third-order valence-corrected chi connectivity index (χ3v) is 3.96. The molecule has 7 heteroatoms. The van der Waals surface area contributed by atoms with E-state index in [1.165, 1.54) is 0 Å². The van der Waals surface area contributed by atoms with Crippen LogP contribution in [0.25, 0.3) is 0 Å². The van der Waals surface area contributed by atoms with Crippen molar-refractivity contribution in [3.63, 3.8) is 0 Å². The molecule has 0 spiro atoms. The van der Waals surface area contributed by atoms with E-state index in [1.54, 1.807) is 29.2 Å². The summed E-state index contributed by atoms with van der Waals surface area (Å²) in [5, 5.41) is 8.29. The quantitative estimate of drug-likeness (QED) is 0.765. The summed E-state index contributed by atoms with van der Waals surface area (Å²) < 4.78 is 0. The Morgan fingerprint density at radius 1 is 1.12 bits per heavy atom. The Morgan fingerprint density at radius 3 is 2.32 bits per heavy atom. The fraction of sp³-hybridized carbons (Fsp3) is 0.500. The van der Waals surface area contributed by atoms with Crippen LogP contribution >= 0.6 is 0 Å². The molecule has 1 unspecified atom stereocenters. The fourth-order valence-electron chi connectivity index (χ4n) is 2.75. The first-order valence-electron chi connectivity index (χ1n) is 8.54. The van der Waals surface area contributed by atoms with Crippen LogP contribution in [0.5, 0.6) is 0 Å². The number of hydrogen-bond donors (Lipinski definition) is 3. The summed E-state index contributed by atoms with van der Waals surface area (Å²) in [7, 11) is 0. The van der Waals surface area contributed by atoms with Gasteiger partial charge >= 0.3 is 6.03 Å². The number of anilines is 2. The number of likely N-dealkylation sites (tertiary alicyclic amines) is 1. The Balaban J connectivity index is 1.96. The molecule has 1 saturated heterocycles. The highest BCUT2D eigenvalue weighted by Crippen LogP contribution is 2.22. The molecular formula is C18H26N4O3. The Hall–Kier alpha value is -2.57. The van der Waals surface area contributed by atoms with Crippen molar-refractivity contribution >= 4 is 29.2 Å². The lowest BCUT2D eigenvalue weighted by atomic mass is 10.1. The highest BCUT2D eigenvalue weighted by atomic mass is 16.2. The summed E-state index contributed by atoms with van der Waals surface area (Å²) in [6.45, 7) is 8.07. The van der Waals surface area contributed by atoms with Gasteiger partial charge in [-0.3, -0.25) is 9.59 Å². The van der Waals surface area contributed by atoms with Crippen molar-refractivity contribution in [3.8, 4) is 0 Å². The lowest BCUT2D eigenvalue weighted by Crippen LogP contribution is -2.34. The van der Waals surface area contributed by atoms with Gasteiger partial charge in [0.25, 0.3) is 0 Å². The molecule has 25 heavy (non-hydrogen) atoms. The molecule has 0 saturated carbocycles. The molecule has 1 atom stereocenters. The van der Waals surface area contributed by atoms with Gasteiger partial charge in [0.05, 0.1) is 5.92 Å². The van der Waals surface area contributed by atoms with E-state index in [2.05, 4.69) is 16.0 Å². The van der Waals surface area contributed by atoms with Crippen molar-refractivity contribution in [2.75, 3.05) is 17.2 Å². The predicted octanol–water partition coefficient (Wildman–Crippen LogP) is 2.41. The molecule has 2 rings (SSSR count). The lowest BCUT2D eigenvalue weighted by Gasteiger charge is -2.20. The zero-order valence-electron chi connectivity index (χ0n) is 15.1. The van der Waals surface area contributed by atoms with E-state index in [-0.39, 0.29) is 42.3 Å². The zero-order chi connectivity index (χ0) is 18.6. The van der Waals surface area contributed by atoms with Crippen molar-refractivity contribution in [2.45, 2.75) is 46.2 Å². The summed E-state index contributed by atoms with van der Waals surface area (Å²) >= 11 is 0. The number of benzene rings is 1. The number of rotatable bonds is 5. The van der Waals surface area contributed by atoms with Gasteiger partial charge in [-0.2, -0.15) is 0 Å². The SMILES string of the molecule is CC(C)NC(=O)Nc1cccc(NC(=O)C2CC(=O)N(C(C)C)C2)c1. The van der Waals surface area contributed by atoms with Crippen LogP contribution in [-0.2, 0) is 9.59 Å². The van der Waals surface area contributed by atoms with Gasteiger partial charge in [-0.05, 0) is 45.9 Å². The van der Waals surface area contributed by atoms with Crippen LogP contribution in [0.15, 0.2) is 24.3 Å². The van der Waals surface area contributed by atoms with E-state index >= 15 is 0 Å². The van der Waals surface area contributed by atoms with Gasteiger partial charge in [0.1, 0.15) is 0 Å². The number of nitrogens with zero attached hydrogens (tertiary/aromatic N) is 1. The Bertz CT molecular complexity index is 657. The summed E-state index contributed by atoms with van der Waals surface area (Å²) in [6, 6.07) is 6.77. The average Bonchev–Trinajstić information content (AvgIpc) is 2.89. The van der Waals surface area contributed by atoms with Crippen molar-refractivity contribution in [1.82, 2.24) is 10.2 Å². The minimum Gasteiger partial charge on any atom is -0.339 e. The molecule has 1 heterocycles. The van der Waals surface area contributed by atoms with Crippen molar-refractivity contribution < 1.29 is 14.4 Å². The van der Waals surface area contributed by atoms with Gasteiger partial charge in [0, 0.05) is 36.4 Å². The van der Waals surface area contributed by atoms with E-state index in [1.807, 2.05) is 27.7 Å². The van der Waals surface area contributed by atoms with Crippen LogP contribution in [0, 0.1) is 5.92 Å². The first-order valence-corrected chi connectivity index (χ1v) is 8.54. The van der Waals surface area contributed by atoms with Crippen LogP contribution in [0.3, 0.4) is 0 Å². The lowest BCUT2D eigenvalue weighted by molar-refractivity contribution is -0.129. The largest absolute Gasteiger partial charge is 0.339 e. The van der Waals surface area contributed by atoms with Crippen molar-refractivity contribution in [2.24, 2.45) is 5.92 Å². The molecule has 136 valence electrons. The van der Waals surface area contributed by atoms with Gasteiger partial charge in [-0.25, -0.2) is 4.79 Å². The van der Waals surface area contributed by atoms with Crippen molar-refractivity contribution in [3.05, 3.63) is 24.3 Å². The highest BCUT2D eigenvalue weighted by Gasteiger charge is 2.35. The fourth-order valence-corrected chi connectivity index (χ4v) is 2.75. The third kappa shape index (κ3) is 5.20. The normalized spacial score (nSPS) is 17.1. The first-order chi connectivity index (χ1) is 11.8. The summed E-state index contributed by atoms with van der Waals surface area (Å²) in [4.78, 5) is 37.8. The maximum absolute atomic E-state index is 12.4. The monoisotopic (exact) mass is 346 g/mol. The van der Waals surface area contributed by atoms with Crippen molar-refractivity contribution in [1.29, 1.82) is 0 Å². The smallest absolute Gasteiger partial charge is 0.319 e. The van der Waals surface area contributed by atoms with E-state index in [4.69, 9.17) is 0 Å². The number of amides is 4. The van der Waals surface area contributed by atoms with Gasteiger partial charge in [0.15, 0.2) is 0 Å². The molecule has 1 aromatic rings. The van der Waals surface area contributed by atoms with E-state index in [9.17, 15) is 14.4 Å². The minimum absolute atomic E-state index is 0.0101. The molecule has 0 aliphatic carbocycles. The number of hydrogen-bond acceptors (Lipinski definition) is 3. The molecule has 1 fully saturated rings. The zero-order valence-corrected chi connectivity index (χ0v) is 15.1. The average molecular weight is 346 g/mol. The van der Waals surface area contributed by atoms with Crippen LogP contribution in [0.1, 0.15) is 34.1 Å². The second-order valence-electron chi connectivity index (χ2n) is 6.86. The van der Waals surface area contributed by atoms with Gasteiger partial charge in [-0.15, -0.1) is 0 Å². The molecule has 1 aromatic carbocycles. The standard InChI is InChI=1S/C18H26N4O3/c1-11(2)19-18(25)21-15-7-5-6-14(9-15)20-17(24)13-8-16(23)22(10-13)12(3)4/h5-7,9,11-13H,8,10H2,1-4H3,(H,20,24)(H2,19,21,25). The number of nitrogens with one attached hydrogen (secondary N) is 3. The maximum atomic E-state index is 12.4. The minimum atomic E-state index is -0.351. The molecule has 4 amide bonds. The van der Waals surface area contributed by atoms with Gasteiger partial charge in [-0.1, -0.05) is 6.07 Å². The van der Waals surface area contributed by atoms with E-state index in [0.29, 0.717) is 17.9 Å².